The number of benzene rings is 1. The third-order valence-electron chi connectivity index (χ3n) is 5.34. The highest BCUT2D eigenvalue weighted by molar-refractivity contribution is 6.01. The van der Waals surface area contributed by atoms with Gasteiger partial charge in [-0.25, -0.2) is 0 Å². The van der Waals surface area contributed by atoms with Crippen LogP contribution in [0.25, 0.3) is 10.9 Å². The van der Waals surface area contributed by atoms with Crippen molar-refractivity contribution < 1.29 is 19.1 Å². The molecule has 1 aromatic heterocycles. The molecule has 0 radical (unpaired) electrons. The molecule has 1 fully saturated rings. The van der Waals surface area contributed by atoms with Crippen LogP contribution in [0.3, 0.4) is 0 Å². The van der Waals surface area contributed by atoms with Crippen molar-refractivity contribution in [2.24, 2.45) is 11.8 Å². The number of methoxy groups -OCH3 is 1. The molecule has 2 aromatic rings. The Morgan fingerprint density at radius 3 is 2.77 bits per heavy atom. The van der Waals surface area contributed by atoms with Crippen LogP contribution in [-0.4, -0.2) is 55.4 Å². The van der Waals surface area contributed by atoms with E-state index in [1.807, 2.05) is 32.0 Å². The number of carbonyl (C=O) groups excluding carboxylic acids is 3. The molecule has 2 atom stereocenters. The van der Waals surface area contributed by atoms with Crippen LogP contribution < -0.4 is 20.7 Å². The summed E-state index contributed by atoms with van der Waals surface area (Å²) in [7, 11) is 1.58. The number of ketones is 1. The summed E-state index contributed by atoms with van der Waals surface area (Å²) in [5.74, 6) is 0.417. The number of amides is 2. The lowest BCUT2D eigenvalue weighted by Crippen LogP contribution is -2.46. The average Bonchev–Trinajstić information content (AvgIpc) is 3.33. The van der Waals surface area contributed by atoms with Gasteiger partial charge in [0.1, 0.15) is 11.4 Å². The van der Waals surface area contributed by atoms with Gasteiger partial charge in [-0.15, -0.1) is 0 Å². The molecule has 30 heavy (non-hydrogen) atoms. The van der Waals surface area contributed by atoms with E-state index < -0.39 is 6.04 Å². The predicted molar refractivity (Wildman–Crippen MR) is 115 cm³/mol. The van der Waals surface area contributed by atoms with Gasteiger partial charge in [-0.3, -0.25) is 14.4 Å². The molecule has 2 heterocycles. The summed E-state index contributed by atoms with van der Waals surface area (Å²) in [4.78, 5) is 40.3. The van der Waals surface area contributed by atoms with Gasteiger partial charge in [0.15, 0.2) is 5.78 Å². The maximum atomic E-state index is 12.8. The van der Waals surface area contributed by atoms with Crippen LogP contribution in [-0.2, 0) is 9.59 Å². The average molecular weight is 415 g/mol. The minimum atomic E-state index is -0.601. The molecule has 162 valence electrons. The summed E-state index contributed by atoms with van der Waals surface area (Å²) < 4.78 is 5.34. The van der Waals surface area contributed by atoms with Crippen molar-refractivity contribution in [3.05, 3.63) is 30.0 Å². The van der Waals surface area contributed by atoms with Crippen LogP contribution >= 0.6 is 0 Å². The summed E-state index contributed by atoms with van der Waals surface area (Å²) in [6.45, 7) is 5.28. The lowest BCUT2D eigenvalue weighted by atomic mass is 9.99. The van der Waals surface area contributed by atoms with Gasteiger partial charge >= 0.3 is 0 Å². The van der Waals surface area contributed by atoms with Gasteiger partial charge in [-0.1, -0.05) is 19.9 Å². The van der Waals surface area contributed by atoms with Crippen LogP contribution in [0.4, 0.5) is 0 Å². The summed E-state index contributed by atoms with van der Waals surface area (Å²) in [5.41, 5.74) is 1.18. The third kappa shape index (κ3) is 5.18. The van der Waals surface area contributed by atoms with Crippen LogP contribution in [0.1, 0.15) is 37.2 Å². The summed E-state index contributed by atoms with van der Waals surface area (Å²) in [6, 6.07) is 6.68. The predicted octanol–water partition coefficient (Wildman–Crippen LogP) is 1.62. The molecule has 1 saturated heterocycles. The zero-order valence-electron chi connectivity index (χ0n) is 17.7. The molecule has 8 heteroatoms. The van der Waals surface area contributed by atoms with Crippen molar-refractivity contribution in [3.63, 3.8) is 0 Å². The van der Waals surface area contributed by atoms with Gasteiger partial charge in [-0.05, 0) is 37.0 Å². The summed E-state index contributed by atoms with van der Waals surface area (Å²) in [5, 5.41) is 9.55. The van der Waals surface area contributed by atoms with Crippen molar-refractivity contribution in [2.45, 2.75) is 32.7 Å². The van der Waals surface area contributed by atoms with E-state index in [0.717, 1.165) is 17.3 Å². The Labute approximate surface area is 176 Å². The maximum absolute atomic E-state index is 12.8. The van der Waals surface area contributed by atoms with E-state index in [9.17, 15) is 14.4 Å². The highest BCUT2D eigenvalue weighted by Gasteiger charge is 2.26. The number of nitrogens with one attached hydrogen (secondary N) is 4. The fraction of sp³-hybridized carbons (Fsp3) is 0.500. The standard InChI is InChI=1S/C22H30N4O4/c1-13(2)9-17(19(27)12-23-11-14-7-8-24-21(14)28)26-22(29)18-10-15-16(25-18)5-4-6-20(15)30-3/h4-6,10,13-14,17,23,25H,7-9,11-12H2,1-3H3,(H,24,28)(H,26,29)/t14-,17-/m0/s1. The van der Waals surface area contributed by atoms with Gasteiger partial charge in [0.2, 0.25) is 5.91 Å². The molecule has 0 aliphatic carbocycles. The number of H-pyrrole nitrogens is 1. The number of Topliss-reactive ketones (excluding diaryl/α,β-unsaturated/α-hetero) is 1. The lowest BCUT2D eigenvalue weighted by molar-refractivity contribution is -0.123. The van der Waals surface area contributed by atoms with Gasteiger partial charge in [-0.2, -0.15) is 0 Å². The number of ether oxygens (including phenoxy) is 1. The highest BCUT2D eigenvalue weighted by Crippen LogP contribution is 2.26. The first-order chi connectivity index (χ1) is 14.4. The van der Waals surface area contributed by atoms with E-state index in [-0.39, 0.29) is 36.0 Å². The molecule has 1 aliphatic rings. The molecule has 4 N–H and O–H groups in total. The second kappa shape index (κ2) is 9.75. The molecule has 1 aromatic carbocycles. The molecule has 0 saturated carbocycles. The molecule has 0 spiro atoms. The van der Waals surface area contributed by atoms with Crippen LogP contribution in [0, 0.1) is 11.8 Å². The summed E-state index contributed by atoms with van der Waals surface area (Å²) >= 11 is 0. The van der Waals surface area contributed by atoms with E-state index in [1.165, 1.54) is 0 Å². The van der Waals surface area contributed by atoms with Gasteiger partial charge in [0.05, 0.1) is 25.6 Å². The first-order valence-electron chi connectivity index (χ1n) is 10.4. The van der Waals surface area contributed by atoms with E-state index in [0.29, 0.717) is 31.0 Å². The first-order valence-corrected chi connectivity index (χ1v) is 10.4. The Hall–Kier alpha value is -2.87. The van der Waals surface area contributed by atoms with E-state index in [1.54, 1.807) is 13.2 Å². The van der Waals surface area contributed by atoms with Gasteiger partial charge < -0.3 is 25.7 Å². The number of fused-ring (bicyclic) bond motifs is 1. The maximum Gasteiger partial charge on any atom is 0.268 e. The van der Waals surface area contributed by atoms with E-state index >= 15 is 0 Å². The highest BCUT2D eigenvalue weighted by atomic mass is 16.5. The number of carbonyl (C=O) groups is 3. The number of aromatic amines is 1. The van der Waals surface area contributed by atoms with Crippen molar-refractivity contribution in [1.82, 2.24) is 20.9 Å². The van der Waals surface area contributed by atoms with Crippen molar-refractivity contribution >= 4 is 28.5 Å². The largest absolute Gasteiger partial charge is 0.496 e. The molecule has 2 amide bonds. The molecular weight excluding hydrogens is 384 g/mol. The molecule has 1 aliphatic heterocycles. The van der Waals surface area contributed by atoms with Crippen LogP contribution in [0.5, 0.6) is 5.75 Å². The summed E-state index contributed by atoms with van der Waals surface area (Å²) in [6.07, 6.45) is 1.32. The Morgan fingerprint density at radius 2 is 2.10 bits per heavy atom. The van der Waals surface area contributed by atoms with Crippen molar-refractivity contribution in [1.29, 1.82) is 0 Å². The minimum absolute atomic E-state index is 0.0243. The molecular formula is C22H30N4O4. The first kappa shape index (κ1) is 21.8. The monoisotopic (exact) mass is 414 g/mol. The number of hydrogen-bond acceptors (Lipinski definition) is 5. The minimum Gasteiger partial charge on any atom is -0.496 e. The van der Waals surface area contributed by atoms with Crippen molar-refractivity contribution in [3.8, 4) is 5.75 Å². The van der Waals surface area contributed by atoms with Crippen molar-refractivity contribution in [2.75, 3.05) is 26.7 Å². The number of rotatable bonds is 10. The Bertz CT molecular complexity index is 921. The molecule has 3 rings (SSSR count). The topological polar surface area (TPSA) is 112 Å². The zero-order chi connectivity index (χ0) is 21.7. The third-order valence-corrected chi connectivity index (χ3v) is 5.34. The zero-order valence-corrected chi connectivity index (χ0v) is 17.7. The second-order valence-electron chi connectivity index (χ2n) is 8.13. The smallest absolute Gasteiger partial charge is 0.268 e. The van der Waals surface area contributed by atoms with Gasteiger partial charge in [0, 0.05) is 24.0 Å². The molecule has 0 bridgehead atoms. The van der Waals surface area contributed by atoms with Crippen LogP contribution in [0.15, 0.2) is 24.3 Å². The molecule has 8 nitrogen and oxygen atoms in total. The number of hydrogen-bond donors (Lipinski definition) is 4. The normalized spacial score (nSPS) is 17.2. The Balaban J connectivity index is 1.64. The second-order valence-corrected chi connectivity index (χ2v) is 8.13. The molecule has 0 unspecified atom stereocenters. The Morgan fingerprint density at radius 1 is 1.30 bits per heavy atom. The fourth-order valence-electron chi connectivity index (χ4n) is 3.74. The van der Waals surface area contributed by atoms with E-state index in [2.05, 4.69) is 20.9 Å². The van der Waals surface area contributed by atoms with Gasteiger partial charge in [0.25, 0.3) is 5.91 Å². The Kier molecular flexibility index (Phi) is 7.10. The SMILES string of the molecule is COc1cccc2[nH]c(C(=O)N[C@@H](CC(C)C)C(=O)CNC[C@@H]3CCNC3=O)cc12. The van der Waals surface area contributed by atoms with Crippen LogP contribution in [0.2, 0.25) is 0 Å². The van der Waals surface area contributed by atoms with E-state index in [4.69, 9.17) is 4.74 Å². The fourth-order valence-corrected chi connectivity index (χ4v) is 3.74. The quantitative estimate of drug-likeness (QED) is 0.472. The number of aromatic nitrogens is 1. The lowest BCUT2D eigenvalue weighted by Gasteiger charge is -2.20.